The number of amides is 1. The summed E-state index contributed by atoms with van der Waals surface area (Å²) >= 11 is 0. The Morgan fingerprint density at radius 2 is 1.90 bits per heavy atom. The molecule has 0 heterocycles. The van der Waals surface area contributed by atoms with E-state index in [9.17, 15) is 9.59 Å². The van der Waals surface area contributed by atoms with Crippen LogP contribution in [-0.4, -0.2) is 51.1 Å². The van der Waals surface area contributed by atoms with Crippen LogP contribution < -0.4 is 10.6 Å². The summed E-state index contributed by atoms with van der Waals surface area (Å²) in [6.45, 7) is 1.62. The molecular formula is C24H29N3O3. The fraction of sp³-hybridized carbons (Fsp3) is 0.333. The Hall–Kier alpha value is -3.12. The highest BCUT2D eigenvalue weighted by atomic mass is 16.5. The SMILES string of the molecule is COC(=O)/C=C/c1ccc(NCCN(C)C)c(NC(=O)C2CC2c2ccccc2)c1. The monoisotopic (exact) mass is 407 g/mol. The second-order valence-electron chi connectivity index (χ2n) is 7.74. The summed E-state index contributed by atoms with van der Waals surface area (Å²) in [4.78, 5) is 26.4. The number of esters is 1. The van der Waals surface area contributed by atoms with Crippen molar-refractivity contribution >= 4 is 29.3 Å². The quantitative estimate of drug-likeness (QED) is 0.491. The maximum Gasteiger partial charge on any atom is 0.330 e. The maximum atomic E-state index is 12.9. The molecule has 1 saturated carbocycles. The Bertz CT molecular complexity index is 909. The van der Waals surface area contributed by atoms with E-state index in [0.29, 0.717) is 5.69 Å². The van der Waals surface area contributed by atoms with E-state index in [-0.39, 0.29) is 17.7 Å². The molecule has 0 bridgehead atoms. The predicted octanol–water partition coefficient (Wildman–Crippen LogP) is 3.59. The zero-order valence-electron chi connectivity index (χ0n) is 17.7. The standard InChI is InChI=1S/C24H29N3O3/c1-27(2)14-13-25-21-11-9-17(10-12-23(28)30-3)15-22(21)26-24(29)20-16-19(20)18-7-5-4-6-8-18/h4-12,15,19-20,25H,13-14,16H2,1-3H3,(H,26,29)/b12-10+. The lowest BCUT2D eigenvalue weighted by molar-refractivity contribution is -0.134. The van der Waals surface area contributed by atoms with E-state index < -0.39 is 5.97 Å². The van der Waals surface area contributed by atoms with E-state index in [4.69, 9.17) is 0 Å². The van der Waals surface area contributed by atoms with Crippen LogP contribution in [-0.2, 0) is 14.3 Å². The van der Waals surface area contributed by atoms with Gasteiger partial charge in [0.15, 0.2) is 0 Å². The van der Waals surface area contributed by atoms with Crippen molar-refractivity contribution in [2.24, 2.45) is 5.92 Å². The van der Waals surface area contributed by atoms with E-state index in [0.717, 1.165) is 30.8 Å². The summed E-state index contributed by atoms with van der Waals surface area (Å²) < 4.78 is 4.65. The van der Waals surface area contributed by atoms with Gasteiger partial charge in [-0.2, -0.15) is 0 Å². The van der Waals surface area contributed by atoms with Crippen molar-refractivity contribution in [2.75, 3.05) is 44.9 Å². The molecule has 2 atom stereocenters. The van der Waals surface area contributed by atoms with Gasteiger partial charge in [0.25, 0.3) is 0 Å². The topological polar surface area (TPSA) is 70.7 Å². The van der Waals surface area contributed by atoms with Gasteiger partial charge in [-0.3, -0.25) is 4.79 Å². The van der Waals surface area contributed by atoms with Crippen LogP contribution in [0.5, 0.6) is 0 Å². The fourth-order valence-corrected chi connectivity index (χ4v) is 3.35. The molecule has 0 spiro atoms. The van der Waals surface area contributed by atoms with Gasteiger partial charge in [0.2, 0.25) is 5.91 Å². The molecule has 0 aliphatic heterocycles. The molecule has 1 aliphatic rings. The summed E-state index contributed by atoms with van der Waals surface area (Å²) in [6.07, 6.45) is 3.91. The van der Waals surface area contributed by atoms with Gasteiger partial charge in [-0.15, -0.1) is 0 Å². The normalized spacial score (nSPS) is 17.7. The molecule has 0 saturated heterocycles. The largest absolute Gasteiger partial charge is 0.466 e. The van der Waals surface area contributed by atoms with Crippen LogP contribution in [0.1, 0.15) is 23.5 Å². The Balaban J connectivity index is 1.73. The number of hydrogen-bond acceptors (Lipinski definition) is 5. The molecule has 6 nitrogen and oxygen atoms in total. The van der Waals surface area contributed by atoms with E-state index in [2.05, 4.69) is 32.4 Å². The molecule has 2 unspecified atom stereocenters. The van der Waals surface area contributed by atoms with Gasteiger partial charge in [0, 0.05) is 25.1 Å². The number of nitrogens with zero attached hydrogens (tertiary/aromatic N) is 1. The number of nitrogens with one attached hydrogen (secondary N) is 2. The van der Waals surface area contributed by atoms with E-state index >= 15 is 0 Å². The first kappa shape index (κ1) is 21.6. The van der Waals surface area contributed by atoms with Crippen LogP contribution >= 0.6 is 0 Å². The minimum atomic E-state index is -0.419. The van der Waals surface area contributed by atoms with Gasteiger partial charge < -0.3 is 20.3 Å². The van der Waals surface area contributed by atoms with Crippen molar-refractivity contribution in [1.82, 2.24) is 4.90 Å². The summed E-state index contributed by atoms with van der Waals surface area (Å²) in [6, 6.07) is 15.8. The molecule has 0 radical (unpaired) electrons. The molecule has 30 heavy (non-hydrogen) atoms. The van der Waals surface area contributed by atoms with Gasteiger partial charge in [-0.1, -0.05) is 36.4 Å². The van der Waals surface area contributed by atoms with Gasteiger partial charge in [0.05, 0.1) is 18.5 Å². The third kappa shape index (κ3) is 5.94. The zero-order valence-corrected chi connectivity index (χ0v) is 17.7. The number of carbonyl (C=O) groups is 2. The third-order valence-corrected chi connectivity index (χ3v) is 5.14. The predicted molar refractivity (Wildman–Crippen MR) is 120 cm³/mol. The van der Waals surface area contributed by atoms with E-state index in [1.54, 1.807) is 6.08 Å². The van der Waals surface area contributed by atoms with Crippen molar-refractivity contribution in [2.45, 2.75) is 12.3 Å². The summed E-state index contributed by atoms with van der Waals surface area (Å²) in [5, 5.41) is 6.47. The van der Waals surface area contributed by atoms with Crippen LogP contribution in [0, 0.1) is 5.92 Å². The molecule has 6 heteroatoms. The van der Waals surface area contributed by atoms with Gasteiger partial charge in [0.1, 0.15) is 0 Å². The lowest BCUT2D eigenvalue weighted by Gasteiger charge is -2.16. The minimum absolute atomic E-state index is 0.0173. The number of methoxy groups -OCH3 is 1. The second-order valence-corrected chi connectivity index (χ2v) is 7.74. The molecular weight excluding hydrogens is 378 g/mol. The van der Waals surface area contributed by atoms with Crippen LogP contribution in [0.3, 0.4) is 0 Å². The number of rotatable bonds is 9. The van der Waals surface area contributed by atoms with Gasteiger partial charge in [-0.25, -0.2) is 4.79 Å². The molecule has 1 aliphatic carbocycles. The van der Waals surface area contributed by atoms with Crippen LogP contribution in [0.15, 0.2) is 54.6 Å². The number of hydrogen-bond donors (Lipinski definition) is 2. The highest BCUT2D eigenvalue weighted by molar-refractivity contribution is 5.98. The second kappa shape index (κ2) is 10.1. The molecule has 3 rings (SSSR count). The average molecular weight is 408 g/mol. The summed E-state index contributed by atoms with van der Waals surface area (Å²) in [5.74, 6) is -0.138. The van der Waals surface area contributed by atoms with Crippen LogP contribution in [0.25, 0.3) is 6.08 Å². The number of carbonyl (C=O) groups excluding carboxylic acids is 2. The molecule has 158 valence electrons. The lowest BCUT2D eigenvalue weighted by Crippen LogP contribution is -2.22. The van der Waals surface area contributed by atoms with Crippen molar-refractivity contribution in [1.29, 1.82) is 0 Å². The van der Waals surface area contributed by atoms with Gasteiger partial charge in [-0.05, 0) is 55.8 Å². The van der Waals surface area contributed by atoms with Gasteiger partial charge >= 0.3 is 5.97 Å². The lowest BCUT2D eigenvalue weighted by atomic mass is 10.1. The highest BCUT2D eigenvalue weighted by Gasteiger charge is 2.43. The first-order valence-electron chi connectivity index (χ1n) is 10.1. The van der Waals surface area contributed by atoms with E-state index in [1.807, 2.05) is 50.5 Å². The number of likely N-dealkylation sites (N-methyl/N-ethyl adjacent to an activating group) is 1. The number of anilines is 2. The minimum Gasteiger partial charge on any atom is -0.466 e. The van der Waals surface area contributed by atoms with Crippen molar-refractivity contribution < 1.29 is 14.3 Å². The Labute approximate surface area is 177 Å². The number of benzene rings is 2. The molecule has 2 aromatic carbocycles. The number of ether oxygens (including phenoxy) is 1. The Morgan fingerprint density at radius 1 is 1.13 bits per heavy atom. The molecule has 2 aromatic rings. The first-order valence-corrected chi connectivity index (χ1v) is 10.1. The molecule has 1 amide bonds. The highest BCUT2D eigenvalue weighted by Crippen LogP contribution is 2.48. The maximum absolute atomic E-state index is 12.9. The fourth-order valence-electron chi connectivity index (χ4n) is 3.35. The first-order chi connectivity index (χ1) is 14.5. The summed E-state index contributed by atoms with van der Waals surface area (Å²) in [7, 11) is 5.37. The summed E-state index contributed by atoms with van der Waals surface area (Å²) in [5.41, 5.74) is 3.59. The van der Waals surface area contributed by atoms with Crippen LogP contribution in [0.2, 0.25) is 0 Å². The zero-order chi connectivity index (χ0) is 21.5. The molecule has 0 aromatic heterocycles. The molecule has 2 N–H and O–H groups in total. The van der Waals surface area contributed by atoms with Crippen molar-refractivity contribution in [3.8, 4) is 0 Å². The smallest absolute Gasteiger partial charge is 0.330 e. The molecule has 1 fully saturated rings. The van der Waals surface area contributed by atoms with Crippen LogP contribution in [0.4, 0.5) is 11.4 Å². The Kier molecular flexibility index (Phi) is 7.25. The average Bonchev–Trinajstić information content (AvgIpc) is 3.55. The van der Waals surface area contributed by atoms with E-state index in [1.165, 1.54) is 18.7 Å². The van der Waals surface area contributed by atoms with Crippen molar-refractivity contribution in [3.63, 3.8) is 0 Å². The Morgan fingerprint density at radius 3 is 2.60 bits per heavy atom. The third-order valence-electron chi connectivity index (χ3n) is 5.14. The van der Waals surface area contributed by atoms with Crippen molar-refractivity contribution in [3.05, 3.63) is 65.7 Å².